The van der Waals surface area contributed by atoms with Gasteiger partial charge < -0.3 is 15.8 Å². The number of hydrogen-bond acceptors (Lipinski definition) is 5. The van der Waals surface area contributed by atoms with Gasteiger partial charge in [-0.15, -0.1) is 0 Å². The van der Waals surface area contributed by atoms with E-state index < -0.39 is 30.2 Å². The van der Waals surface area contributed by atoms with Crippen molar-refractivity contribution in [1.82, 2.24) is 20.1 Å². The topological polar surface area (TPSA) is 78.0 Å². The van der Waals surface area contributed by atoms with E-state index >= 15 is 0 Å². The lowest BCUT2D eigenvalue weighted by Crippen LogP contribution is -2.45. The third-order valence-electron chi connectivity index (χ3n) is 4.57. The van der Waals surface area contributed by atoms with Gasteiger partial charge in [0.1, 0.15) is 12.1 Å². The van der Waals surface area contributed by atoms with E-state index in [1.54, 1.807) is 0 Å². The van der Waals surface area contributed by atoms with Crippen LogP contribution in [-0.4, -0.2) is 33.2 Å². The predicted molar refractivity (Wildman–Crippen MR) is 112 cm³/mol. The fraction of sp³-hybridized carbons (Fsp3) is 0.400. The number of nitrogens with two attached hydrogens (primary N) is 1. The number of allylic oxidation sites excluding steroid dienone is 2. The Morgan fingerprint density at radius 2 is 1.82 bits per heavy atom. The van der Waals surface area contributed by atoms with Crippen LogP contribution in [0.15, 0.2) is 47.8 Å². The van der Waals surface area contributed by atoms with E-state index in [1.165, 1.54) is 23.1 Å². The minimum absolute atomic E-state index is 0.0471. The van der Waals surface area contributed by atoms with Crippen molar-refractivity contribution in [3.05, 3.63) is 53.3 Å². The number of benzene rings is 1. The van der Waals surface area contributed by atoms with Crippen LogP contribution in [0.5, 0.6) is 5.75 Å². The van der Waals surface area contributed by atoms with Crippen molar-refractivity contribution in [2.24, 2.45) is 0 Å². The Kier molecular flexibility index (Phi) is 8.28. The highest BCUT2D eigenvalue weighted by Gasteiger charge is 2.59. The van der Waals surface area contributed by atoms with Gasteiger partial charge in [0.25, 0.3) is 6.17 Å². The van der Waals surface area contributed by atoms with Crippen LogP contribution >= 0.6 is 11.6 Å². The molecule has 0 amide bonds. The van der Waals surface area contributed by atoms with Gasteiger partial charge >= 0.3 is 12.3 Å². The SMILES string of the molecule is C=C(CC)/C(Cl)=C(/NC(CC)c1ccc(OC(F)(F)C(F)C(F)(F)F)cc1)n1ncnc1N. The zero-order valence-electron chi connectivity index (χ0n) is 17.6. The lowest BCUT2D eigenvalue weighted by molar-refractivity contribution is -0.304. The normalized spacial score (nSPS) is 14.9. The summed E-state index contributed by atoms with van der Waals surface area (Å²) in [5.74, 6) is -0.312. The summed E-state index contributed by atoms with van der Waals surface area (Å²) >= 11 is 6.46. The third-order valence-corrected chi connectivity index (χ3v) is 5.02. The molecule has 0 bridgehead atoms. The second kappa shape index (κ2) is 10.4. The first-order valence-corrected chi connectivity index (χ1v) is 10.1. The van der Waals surface area contributed by atoms with Crippen molar-refractivity contribution in [3.63, 3.8) is 0 Å². The van der Waals surface area contributed by atoms with Crippen LogP contribution in [0, 0.1) is 0 Å². The summed E-state index contributed by atoms with van der Waals surface area (Å²) in [5.41, 5.74) is 6.97. The molecule has 2 rings (SSSR count). The first-order valence-electron chi connectivity index (χ1n) is 9.69. The van der Waals surface area contributed by atoms with E-state index in [4.69, 9.17) is 17.3 Å². The molecule has 0 spiro atoms. The fourth-order valence-electron chi connectivity index (χ4n) is 2.72. The molecule has 0 aliphatic rings. The van der Waals surface area contributed by atoms with Crippen molar-refractivity contribution in [3.8, 4) is 5.75 Å². The van der Waals surface area contributed by atoms with E-state index in [9.17, 15) is 26.3 Å². The molecule has 3 N–H and O–H groups in total. The molecule has 2 aromatic rings. The first-order chi connectivity index (χ1) is 15.3. The highest BCUT2D eigenvalue weighted by Crippen LogP contribution is 2.37. The van der Waals surface area contributed by atoms with Crippen LogP contribution in [0.4, 0.5) is 32.3 Å². The van der Waals surface area contributed by atoms with Crippen molar-refractivity contribution in [1.29, 1.82) is 0 Å². The van der Waals surface area contributed by atoms with E-state index in [0.717, 1.165) is 12.1 Å². The molecule has 13 heteroatoms. The van der Waals surface area contributed by atoms with Crippen molar-refractivity contribution in [2.75, 3.05) is 5.73 Å². The predicted octanol–water partition coefficient (Wildman–Crippen LogP) is 5.80. The van der Waals surface area contributed by atoms with Gasteiger partial charge in [-0.05, 0) is 36.1 Å². The Bertz CT molecular complexity index is 990. The highest BCUT2D eigenvalue weighted by molar-refractivity contribution is 6.34. The van der Waals surface area contributed by atoms with Gasteiger partial charge in [-0.2, -0.15) is 36.7 Å². The van der Waals surface area contributed by atoms with Crippen LogP contribution in [0.25, 0.3) is 5.82 Å². The zero-order chi connectivity index (χ0) is 25.0. The van der Waals surface area contributed by atoms with E-state index in [2.05, 4.69) is 26.7 Å². The van der Waals surface area contributed by atoms with E-state index in [1.807, 2.05) is 13.8 Å². The zero-order valence-corrected chi connectivity index (χ0v) is 18.4. The monoisotopic (exact) mass is 497 g/mol. The summed E-state index contributed by atoms with van der Waals surface area (Å²) in [4.78, 5) is 3.86. The molecular weight excluding hydrogens is 476 g/mol. The first kappa shape index (κ1) is 26.4. The van der Waals surface area contributed by atoms with Crippen LogP contribution in [0.1, 0.15) is 38.3 Å². The molecule has 2 atom stereocenters. The number of ether oxygens (including phenoxy) is 1. The summed E-state index contributed by atoms with van der Waals surface area (Å²) < 4.78 is 82.2. The highest BCUT2D eigenvalue weighted by atomic mass is 35.5. The molecule has 6 nitrogen and oxygen atoms in total. The number of hydrogen-bond donors (Lipinski definition) is 2. The minimum Gasteiger partial charge on any atom is -0.430 e. The third kappa shape index (κ3) is 6.34. The smallest absolute Gasteiger partial charge is 0.430 e. The van der Waals surface area contributed by atoms with Crippen LogP contribution in [0.3, 0.4) is 0 Å². The molecule has 2 unspecified atom stereocenters. The molecule has 33 heavy (non-hydrogen) atoms. The Morgan fingerprint density at radius 1 is 1.21 bits per heavy atom. The van der Waals surface area contributed by atoms with Crippen molar-refractivity contribution < 1.29 is 31.1 Å². The lowest BCUT2D eigenvalue weighted by Gasteiger charge is -2.24. The van der Waals surface area contributed by atoms with Gasteiger partial charge in [0.2, 0.25) is 5.95 Å². The summed E-state index contributed by atoms with van der Waals surface area (Å²) in [5, 5.41) is 7.43. The number of aromatic nitrogens is 3. The van der Waals surface area contributed by atoms with Crippen molar-refractivity contribution >= 4 is 23.4 Å². The van der Waals surface area contributed by atoms with Gasteiger partial charge in [-0.25, -0.2) is 4.39 Å². The number of rotatable bonds is 10. The number of nitrogens with one attached hydrogen (secondary N) is 1. The molecular formula is C20H22ClF6N5O. The number of anilines is 1. The maximum atomic E-state index is 13.5. The van der Waals surface area contributed by atoms with Gasteiger partial charge in [-0.1, -0.05) is 44.2 Å². The van der Waals surface area contributed by atoms with Crippen LogP contribution < -0.4 is 15.8 Å². The molecule has 1 aromatic carbocycles. The Morgan fingerprint density at radius 3 is 2.27 bits per heavy atom. The average Bonchev–Trinajstić information content (AvgIpc) is 3.18. The van der Waals surface area contributed by atoms with Gasteiger partial charge in [0.15, 0.2) is 5.82 Å². The lowest BCUT2D eigenvalue weighted by atomic mass is 10.0. The molecule has 182 valence electrons. The van der Waals surface area contributed by atoms with Crippen LogP contribution in [-0.2, 0) is 0 Å². The molecule has 0 radical (unpaired) electrons. The molecule has 0 saturated heterocycles. The fourth-order valence-corrected chi connectivity index (χ4v) is 2.98. The van der Waals surface area contributed by atoms with E-state index in [-0.39, 0.29) is 16.8 Å². The molecule has 0 fully saturated rings. The maximum absolute atomic E-state index is 13.5. The second-order valence-electron chi connectivity index (χ2n) is 6.89. The quantitative estimate of drug-likeness (QED) is 0.320. The number of alkyl halides is 6. The number of nitrogen functional groups attached to an aromatic ring is 1. The summed E-state index contributed by atoms with van der Waals surface area (Å²) in [7, 11) is 0. The summed E-state index contributed by atoms with van der Waals surface area (Å²) in [6.45, 7) is 7.55. The summed E-state index contributed by atoms with van der Waals surface area (Å²) in [6, 6.07) is 4.25. The summed E-state index contributed by atoms with van der Waals surface area (Å²) in [6.07, 6.45) is -13.1. The van der Waals surface area contributed by atoms with Gasteiger partial charge in [-0.3, -0.25) is 0 Å². The molecule has 0 saturated carbocycles. The second-order valence-corrected chi connectivity index (χ2v) is 7.27. The van der Waals surface area contributed by atoms with Gasteiger partial charge in [0.05, 0.1) is 11.1 Å². The molecule has 0 aliphatic carbocycles. The maximum Gasteiger partial charge on any atom is 0.439 e. The van der Waals surface area contributed by atoms with Crippen molar-refractivity contribution in [2.45, 2.75) is 51.2 Å². The Labute approximate surface area is 191 Å². The molecule has 0 aliphatic heterocycles. The number of nitrogens with zero attached hydrogens (tertiary/aromatic N) is 3. The average molecular weight is 498 g/mol. The standard InChI is InChI=1S/C20H22ClF6N5O/c1-4-11(3)15(21)16(32-18(28)29-10-30-32)31-14(5-2)12-6-8-13(9-7-12)33-20(26,27)17(22)19(23,24)25/h6-10,14,17,31H,3-5H2,1-2H3,(H2,28,29,30)/b16-15+. The van der Waals surface area contributed by atoms with Gasteiger partial charge in [0, 0.05) is 0 Å². The number of halogens is 7. The molecule has 1 heterocycles. The molecule has 1 aromatic heterocycles. The Balaban J connectivity index is 2.30. The minimum atomic E-state index is -5.77. The largest absolute Gasteiger partial charge is 0.439 e. The van der Waals surface area contributed by atoms with Crippen LogP contribution in [0.2, 0.25) is 0 Å². The van der Waals surface area contributed by atoms with E-state index in [0.29, 0.717) is 24.0 Å². The Hall–Kier alpha value is -2.89.